The molecule has 0 saturated heterocycles. The van der Waals surface area contributed by atoms with Crippen LogP contribution in [0, 0.1) is 44.7 Å². The van der Waals surface area contributed by atoms with Crippen LogP contribution >= 0.6 is 58.0 Å². The molecular weight excluding hydrogens is 1110 g/mol. The lowest BCUT2D eigenvalue weighted by Crippen LogP contribution is -2.13. The molecule has 0 unspecified atom stereocenters. The summed E-state index contributed by atoms with van der Waals surface area (Å²) in [7, 11) is -8.89. The molecule has 0 spiro atoms. The highest BCUT2D eigenvalue weighted by molar-refractivity contribution is 7.86. The van der Waals surface area contributed by atoms with Crippen molar-refractivity contribution in [3.8, 4) is 17.2 Å². The third-order valence-electron chi connectivity index (χ3n) is 10.3. The largest absolute Gasteiger partial charge is 0.507 e. The van der Waals surface area contributed by atoms with Crippen LogP contribution in [-0.2, 0) is 65.1 Å². The third kappa shape index (κ3) is 20.1. The molecule has 0 radical (unpaired) electrons. The number of non-ortho nitro benzene ring substituents is 1. The van der Waals surface area contributed by atoms with Gasteiger partial charge in [0, 0.05) is 55.7 Å². The summed E-state index contributed by atoms with van der Waals surface area (Å²) >= 11 is 29.4. The zero-order chi connectivity index (χ0) is 56.0. The fourth-order valence-electron chi connectivity index (χ4n) is 6.41. The zero-order valence-corrected chi connectivity index (χ0v) is 45.9. The van der Waals surface area contributed by atoms with Crippen LogP contribution < -0.4 is 9.47 Å². The molecule has 0 aliphatic heterocycles. The number of nitro groups is 1. The molecule has 6 rings (SSSR count). The Kier molecular flexibility index (Phi) is 23.2. The van der Waals surface area contributed by atoms with E-state index in [0.29, 0.717) is 50.0 Å². The fraction of sp³-hybridized carbons (Fsp3) is 0.216. The van der Waals surface area contributed by atoms with Crippen molar-refractivity contribution in [1.29, 1.82) is 0 Å². The maximum atomic E-state index is 12.0. The second-order valence-corrected chi connectivity index (χ2v) is 21.3. The minimum atomic E-state index is -4.47. The van der Waals surface area contributed by atoms with Crippen LogP contribution in [0.3, 0.4) is 0 Å². The third-order valence-corrected chi connectivity index (χ3v) is 13.6. The van der Waals surface area contributed by atoms with E-state index in [2.05, 4.69) is 0 Å². The molecule has 0 aliphatic rings. The number of hydrogen-bond donors (Lipinski definition) is 3. The molecule has 0 saturated carbocycles. The predicted octanol–water partition coefficient (Wildman–Crippen LogP) is 12.2. The van der Waals surface area contributed by atoms with Crippen LogP contribution in [0.15, 0.2) is 107 Å². The van der Waals surface area contributed by atoms with E-state index < -0.39 is 42.0 Å². The number of benzene rings is 6. The number of Topliss-reactive ketones (excluding diaryl/α,β-unsaturated/α-hetero) is 2. The van der Waals surface area contributed by atoms with Crippen molar-refractivity contribution >= 4 is 107 Å². The minimum absolute atomic E-state index is 0.0111. The average molecular weight is 1160 g/mol. The van der Waals surface area contributed by atoms with Crippen molar-refractivity contribution in [1.82, 2.24) is 0 Å². The first-order chi connectivity index (χ1) is 34.2. The molecule has 394 valence electrons. The lowest BCUT2D eigenvalue weighted by Gasteiger charge is -2.10. The number of ether oxygens (including phenoxy) is 2. The molecule has 0 aliphatic carbocycles. The van der Waals surface area contributed by atoms with Gasteiger partial charge in [-0.15, -0.1) is 0 Å². The Hall–Kier alpha value is -5.93. The van der Waals surface area contributed by atoms with Crippen LogP contribution in [0.1, 0.15) is 63.9 Å². The lowest BCUT2D eigenvalue weighted by atomic mass is 10.0. The van der Waals surface area contributed by atoms with Crippen LogP contribution in [0.25, 0.3) is 0 Å². The summed E-state index contributed by atoms with van der Waals surface area (Å²) in [6.07, 6.45) is 0.212. The number of aryl methyl sites for hydroxylation is 2. The van der Waals surface area contributed by atoms with E-state index >= 15 is 0 Å². The Morgan fingerprint density at radius 3 is 1.30 bits per heavy atom. The van der Waals surface area contributed by atoms with E-state index in [4.69, 9.17) is 76.6 Å². The van der Waals surface area contributed by atoms with Crippen molar-refractivity contribution < 1.29 is 64.6 Å². The van der Waals surface area contributed by atoms with Crippen molar-refractivity contribution in [2.75, 3.05) is 0 Å². The first-order valence-electron chi connectivity index (χ1n) is 21.4. The van der Waals surface area contributed by atoms with E-state index in [1.165, 1.54) is 49.4 Å². The number of nitrogens with zero attached hydrogens (tertiary/aromatic N) is 1. The number of phenolic OH excluding ortho intramolecular Hbond substituents is 1. The highest BCUT2D eigenvalue weighted by Gasteiger charge is 2.20. The van der Waals surface area contributed by atoms with E-state index in [1.807, 2.05) is 26.0 Å². The molecule has 0 fully saturated rings. The van der Waals surface area contributed by atoms with Gasteiger partial charge in [0.2, 0.25) is 0 Å². The van der Waals surface area contributed by atoms with Gasteiger partial charge in [-0.3, -0.25) is 38.4 Å². The lowest BCUT2D eigenvalue weighted by molar-refractivity contribution is -0.384. The van der Waals surface area contributed by atoms with Crippen LogP contribution in [0.4, 0.5) is 5.69 Å². The van der Waals surface area contributed by atoms with Crippen molar-refractivity contribution in [2.24, 2.45) is 0 Å². The normalized spacial score (nSPS) is 10.8. The van der Waals surface area contributed by atoms with Gasteiger partial charge in [0.05, 0.1) is 27.6 Å². The maximum absolute atomic E-state index is 12.0. The van der Waals surface area contributed by atoms with Crippen molar-refractivity contribution in [2.45, 2.75) is 83.9 Å². The molecule has 23 heteroatoms. The summed E-state index contributed by atoms with van der Waals surface area (Å²) in [6.45, 7) is 12.0. The minimum Gasteiger partial charge on any atom is -0.507 e. The Bertz CT molecular complexity index is 3240. The number of carbonyl (C=O) groups excluding carboxylic acids is 4. The number of halogens is 5. The van der Waals surface area contributed by atoms with E-state index in [-0.39, 0.29) is 68.5 Å². The average Bonchev–Trinajstić information content (AvgIpc) is 3.28. The Morgan fingerprint density at radius 2 is 0.905 bits per heavy atom. The second kappa shape index (κ2) is 27.6. The van der Waals surface area contributed by atoms with Gasteiger partial charge < -0.3 is 14.6 Å². The van der Waals surface area contributed by atoms with Crippen molar-refractivity contribution in [3.05, 3.63) is 182 Å². The van der Waals surface area contributed by atoms with Crippen molar-refractivity contribution in [3.63, 3.8) is 0 Å². The maximum Gasteiger partial charge on any atom is 0.315 e. The molecular formula is C51H48Cl5NO15S2. The highest BCUT2D eigenvalue weighted by Crippen LogP contribution is 2.29. The number of aromatic hydroxyl groups is 1. The van der Waals surface area contributed by atoms with Gasteiger partial charge in [-0.05, 0) is 172 Å². The number of ketones is 2. The molecule has 6 aromatic carbocycles. The molecule has 16 nitrogen and oxygen atoms in total. The number of phenols is 1. The molecule has 0 bridgehead atoms. The zero-order valence-electron chi connectivity index (χ0n) is 40.5. The number of rotatable bonds is 13. The van der Waals surface area contributed by atoms with Gasteiger partial charge in [0.1, 0.15) is 28.8 Å². The van der Waals surface area contributed by atoms with Gasteiger partial charge in [0.25, 0.3) is 25.9 Å². The number of hydrogen-bond acceptors (Lipinski definition) is 13. The SMILES string of the molecule is CC(=O)Cc1cc(C)cc(Cl)c1C.CC(=O)Cc1cc(Cl)cc(C)c1O.Cc1c(Cl)cc(S(=O)(=O)O)cc1CC(=O)Oc1ccc(Cl)cc1.Cc1c(Cl)cc(S(=O)(=O)O)cc1CC(=O)Oc1ccc([N+](=O)[O-])cc1. The predicted molar refractivity (Wildman–Crippen MR) is 283 cm³/mol. The molecule has 0 atom stereocenters. The summed E-state index contributed by atoms with van der Waals surface area (Å²) in [4.78, 5) is 55.0. The molecule has 3 N–H and O–H groups in total. The van der Waals surface area contributed by atoms with Crippen LogP contribution in [0.2, 0.25) is 25.1 Å². The highest BCUT2D eigenvalue weighted by atomic mass is 35.5. The summed E-state index contributed by atoms with van der Waals surface area (Å²) in [5.74, 6) is -0.555. The van der Waals surface area contributed by atoms with Crippen LogP contribution in [0.5, 0.6) is 17.2 Å². The Morgan fingerprint density at radius 1 is 0.527 bits per heavy atom. The molecule has 0 aromatic heterocycles. The smallest absolute Gasteiger partial charge is 0.315 e. The molecule has 0 amide bonds. The first kappa shape index (κ1) is 62.4. The fourth-order valence-corrected chi connectivity index (χ4v) is 8.85. The Labute approximate surface area is 452 Å². The van der Waals surface area contributed by atoms with Gasteiger partial charge in [-0.1, -0.05) is 64.1 Å². The summed E-state index contributed by atoms with van der Waals surface area (Å²) < 4.78 is 73.3. The van der Waals surface area contributed by atoms with Gasteiger partial charge in [-0.25, -0.2) is 0 Å². The number of carbonyl (C=O) groups is 4. The van der Waals surface area contributed by atoms with Gasteiger partial charge in [-0.2, -0.15) is 16.8 Å². The Balaban J connectivity index is 0.000000271. The van der Waals surface area contributed by atoms with Gasteiger partial charge >= 0.3 is 11.9 Å². The summed E-state index contributed by atoms with van der Waals surface area (Å²) in [6, 6.07) is 22.9. The first-order valence-corrected chi connectivity index (χ1v) is 26.2. The molecule has 6 aromatic rings. The summed E-state index contributed by atoms with van der Waals surface area (Å²) in [5.41, 5.74) is 5.93. The summed E-state index contributed by atoms with van der Waals surface area (Å²) in [5, 5.41) is 22.1. The van der Waals surface area contributed by atoms with E-state index in [1.54, 1.807) is 52.0 Å². The topological polar surface area (TPSA) is 259 Å². The van der Waals surface area contributed by atoms with Crippen LogP contribution in [-0.4, -0.2) is 59.5 Å². The van der Waals surface area contributed by atoms with E-state index in [9.17, 15) is 51.2 Å². The van der Waals surface area contributed by atoms with Gasteiger partial charge in [0.15, 0.2) is 0 Å². The molecule has 0 heterocycles. The quantitative estimate of drug-likeness (QED) is 0.0319. The van der Waals surface area contributed by atoms with E-state index in [0.717, 1.165) is 39.9 Å². The number of esters is 2. The second-order valence-electron chi connectivity index (χ2n) is 16.4. The monoisotopic (exact) mass is 1150 g/mol. The number of nitro benzene ring substituents is 1. The standard InChI is InChI=1S/C15H12Cl2O5S.C15H12ClNO7S.C11H13ClO.C10H11ClO2/c1-9-10(6-13(8-14(9)17)23(19,20)21)7-15(18)22-12-4-2-11(16)3-5-12;1-9-10(6-13(8-14(9)16)25(21,22)23)7-15(18)24-12-4-2-11(3-5-12)17(19)20;1-7-4-10(6-8(2)13)9(3)11(12)5-7;1-6-3-9(11)5-8(10(6)13)4-7(2)12/h2-6,8H,7H2,1H3,(H,19,20,21);2-6,8H,7H2,1H3,(H,21,22,23);4-5H,6H2,1-3H3;3,5,13H,4H2,1-2H3. The molecule has 74 heavy (non-hydrogen) atoms.